The fourth-order valence-corrected chi connectivity index (χ4v) is 6.82. The summed E-state index contributed by atoms with van der Waals surface area (Å²) in [6.07, 6.45) is 3.25. The van der Waals surface area contributed by atoms with Crippen LogP contribution < -0.4 is 32.7 Å². The molecule has 4 amide bonds. The Balaban J connectivity index is 1.73. The number of benzene rings is 2. The Labute approximate surface area is 320 Å². The average Bonchev–Trinajstić information content (AvgIpc) is 3.14. The lowest BCUT2D eigenvalue weighted by Crippen LogP contribution is -2.60. The van der Waals surface area contributed by atoms with Crippen LogP contribution in [-0.4, -0.2) is 96.0 Å². The van der Waals surface area contributed by atoms with Crippen molar-refractivity contribution in [2.24, 2.45) is 23.3 Å². The number of carbonyl (C=O) groups is 5. The van der Waals surface area contributed by atoms with E-state index < -0.39 is 41.4 Å². The van der Waals surface area contributed by atoms with Gasteiger partial charge in [-0.25, -0.2) is 0 Å². The van der Waals surface area contributed by atoms with E-state index in [0.717, 1.165) is 18.4 Å². The van der Waals surface area contributed by atoms with Crippen LogP contribution in [0, 0.1) is 11.8 Å². The van der Waals surface area contributed by atoms with Gasteiger partial charge in [-0.3, -0.25) is 24.0 Å². The van der Waals surface area contributed by atoms with Crippen molar-refractivity contribution >= 4 is 29.6 Å². The van der Waals surface area contributed by atoms with Crippen molar-refractivity contribution in [2.45, 2.75) is 109 Å². The molecule has 1 saturated heterocycles. The minimum Gasteiger partial charge on any atom is -0.480 e. The largest absolute Gasteiger partial charge is 0.480 e. The van der Waals surface area contributed by atoms with E-state index in [-0.39, 0.29) is 62.5 Å². The molecule has 3 rings (SSSR count). The summed E-state index contributed by atoms with van der Waals surface area (Å²) in [6, 6.07) is 16.7. The molecule has 4 atom stereocenters. The minimum absolute atomic E-state index is 0.00667. The second-order valence-electron chi connectivity index (χ2n) is 15.4. The zero-order valence-corrected chi connectivity index (χ0v) is 32.5. The number of hydrogen-bond acceptors (Lipinski definition) is 8. The van der Waals surface area contributed by atoms with E-state index in [2.05, 4.69) is 47.2 Å². The van der Waals surface area contributed by atoms with Gasteiger partial charge >= 0.3 is 5.97 Å². The molecule has 0 unspecified atom stereocenters. The monoisotopic (exact) mass is 749 g/mol. The third-order valence-electron chi connectivity index (χ3n) is 10.2. The smallest absolute Gasteiger partial charge is 0.323 e. The second kappa shape index (κ2) is 22.1. The molecule has 0 aromatic heterocycles. The maximum absolute atomic E-state index is 14.0. The van der Waals surface area contributed by atoms with Crippen LogP contribution in [0.3, 0.4) is 0 Å². The summed E-state index contributed by atoms with van der Waals surface area (Å²) in [5.41, 5.74) is 12.4. The fourth-order valence-electron chi connectivity index (χ4n) is 6.82. The number of unbranched alkanes of at least 4 members (excludes halogenated alkanes) is 2. The number of nitrogens with two attached hydrogens (primary N) is 2. The Morgan fingerprint density at radius 1 is 0.796 bits per heavy atom. The highest BCUT2D eigenvalue weighted by Gasteiger charge is 2.40. The number of nitrogens with one attached hydrogen (secondary N) is 4. The molecule has 298 valence electrons. The first-order valence-electron chi connectivity index (χ1n) is 19.4. The number of rotatable bonds is 22. The van der Waals surface area contributed by atoms with Gasteiger partial charge in [0.15, 0.2) is 0 Å². The third-order valence-corrected chi connectivity index (χ3v) is 10.2. The third kappa shape index (κ3) is 14.1. The summed E-state index contributed by atoms with van der Waals surface area (Å²) >= 11 is 0. The molecule has 1 aliphatic rings. The van der Waals surface area contributed by atoms with E-state index in [1.165, 1.54) is 5.56 Å². The van der Waals surface area contributed by atoms with E-state index in [9.17, 15) is 29.1 Å². The van der Waals surface area contributed by atoms with Gasteiger partial charge in [-0.15, -0.1) is 0 Å². The highest BCUT2D eigenvalue weighted by atomic mass is 16.4. The Kier molecular flexibility index (Phi) is 18.1. The van der Waals surface area contributed by atoms with Gasteiger partial charge in [0, 0.05) is 26.1 Å². The molecule has 9 N–H and O–H groups in total. The molecule has 0 spiro atoms. The predicted octanol–water partition coefficient (Wildman–Crippen LogP) is 2.68. The van der Waals surface area contributed by atoms with Gasteiger partial charge in [0.05, 0.1) is 6.54 Å². The van der Waals surface area contributed by atoms with Crippen molar-refractivity contribution < 1.29 is 29.1 Å². The van der Waals surface area contributed by atoms with Crippen molar-refractivity contribution in [2.75, 3.05) is 32.7 Å². The van der Waals surface area contributed by atoms with Crippen molar-refractivity contribution in [1.82, 2.24) is 26.2 Å². The number of carbonyl (C=O) groups excluding carboxylic acids is 4. The van der Waals surface area contributed by atoms with Gasteiger partial charge < -0.3 is 42.7 Å². The van der Waals surface area contributed by atoms with Gasteiger partial charge in [0.2, 0.25) is 23.6 Å². The fraction of sp³-hybridized carbons (Fsp3) is 0.585. The Hall–Kier alpha value is -4.33. The van der Waals surface area contributed by atoms with Crippen molar-refractivity contribution in [3.63, 3.8) is 0 Å². The zero-order valence-electron chi connectivity index (χ0n) is 32.5. The van der Waals surface area contributed by atoms with Gasteiger partial charge in [0.1, 0.15) is 23.7 Å². The average molecular weight is 750 g/mol. The molecule has 0 radical (unpaired) electrons. The topological polar surface area (TPSA) is 209 Å². The summed E-state index contributed by atoms with van der Waals surface area (Å²) in [5, 5.41) is 21.5. The molecule has 0 aliphatic carbocycles. The maximum Gasteiger partial charge on any atom is 0.323 e. The number of likely N-dealkylation sites (tertiary alicyclic amines) is 1. The van der Waals surface area contributed by atoms with E-state index >= 15 is 0 Å². The number of carboxylic acids is 1. The molecule has 0 saturated carbocycles. The van der Waals surface area contributed by atoms with Crippen LogP contribution in [0.15, 0.2) is 60.7 Å². The normalized spacial score (nSPS) is 16.3. The van der Waals surface area contributed by atoms with E-state index in [1.807, 2.05) is 62.4 Å². The Morgan fingerprint density at radius 3 is 1.96 bits per heavy atom. The molecule has 0 bridgehead atoms. The van der Waals surface area contributed by atoms with Crippen LogP contribution in [0.25, 0.3) is 0 Å². The predicted molar refractivity (Wildman–Crippen MR) is 210 cm³/mol. The molecule has 1 fully saturated rings. The highest BCUT2D eigenvalue weighted by molar-refractivity contribution is 5.94. The number of aliphatic carboxylic acids is 1. The molecule has 1 heterocycles. The van der Waals surface area contributed by atoms with Crippen LogP contribution >= 0.6 is 0 Å². The molecule has 13 nitrogen and oxygen atoms in total. The van der Waals surface area contributed by atoms with Gasteiger partial charge in [0.25, 0.3) is 0 Å². The van der Waals surface area contributed by atoms with Crippen molar-refractivity contribution in [3.8, 4) is 0 Å². The van der Waals surface area contributed by atoms with Crippen molar-refractivity contribution in [1.29, 1.82) is 0 Å². The Bertz CT molecular complexity index is 1480. The van der Waals surface area contributed by atoms with Crippen molar-refractivity contribution in [3.05, 3.63) is 71.8 Å². The summed E-state index contributed by atoms with van der Waals surface area (Å²) in [7, 11) is 0. The first kappa shape index (κ1) is 44.1. The molecule has 2 aromatic carbocycles. The second-order valence-corrected chi connectivity index (χ2v) is 15.4. The minimum atomic E-state index is -1.40. The summed E-state index contributed by atoms with van der Waals surface area (Å²) in [5.74, 6) is -2.22. The SMILES string of the molecule is CC(C)C[C@@H](NC(=O)[C@@H](Cc1ccccc1)NC(=O)CNC[C@@H](c1ccccc1)C(C)C)C(=O)N[C@H](CCCCCN)C(=O)N1CCC(N)(C(=O)O)CC1. The number of amides is 4. The molecular weight excluding hydrogens is 686 g/mol. The number of piperidine rings is 1. The number of nitrogens with zero attached hydrogens (tertiary/aromatic N) is 1. The molecule has 54 heavy (non-hydrogen) atoms. The lowest BCUT2D eigenvalue weighted by molar-refractivity contribution is -0.148. The van der Waals surface area contributed by atoms with Crippen LogP contribution in [-0.2, 0) is 30.4 Å². The maximum atomic E-state index is 14.0. The first-order chi connectivity index (χ1) is 25.7. The first-order valence-corrected chi connectivity index (χ1v) is 19.4. The Morgan fingerprint density at radius 2 is 1.39 bits per heavy atom. The van der Waals surface area contributed by atoms with E-state index in [4.69, 9.17) is 11.5 Å². The van der Waals surface area contributed by atoms with Crippen LogP contribution in [0.4, 0.5) is 0 Å². The molecule has 1 aliphatic heterocycles. The van der Waals surface area contributed by atoms with Gasteiger partial charge in [-0.2, -0.15) is 0 Å². The van der Waals surface area contributed by atoms with Crippen LogP contribution in [0.5, 0.6) is 0 Å². The molecular formula is C41H63N7O6. The van der Waals surface area contributed by atoms with E-state index in [1.54, 1.807) is 4.90 Å². The number of carboxylic acid groups (broad SMARTS) is 1. The summed E-state index contributed by atoms with van der Waals surface area (Å²) < 4.78 is 0. The van der Waals surface area contributed by atoms with Gasteiger partial charge in [-0.05, 0) is 67.5 Å². The lowest BCUT2D eigenvalue weighted by Gasteiger charge is -2.38. The molecule has 13 heteroatoms. The number of hydrogen-bond donors (Lipinski definition) is 7. The van der Waals surface area contributed by atoms with Crippen LogP contribution in [0.2, 0.25) is 0 Å². The molecule has 2 aromatic rings. The highest BCUT2D eigenvalue weighted by Crippen LogP contribution is 2.24. The van der Waals surface area contributed by atoms with Crippen LogP contribution in [0.1, 0.15) is 89.7 Å². The lowest BCUT2D eigenvalue weighted by atomic mass is 9.88. The quantitative estimate of drug-likeness (QED) is 0.0882. The summed E-state index contributed by atoms with van der Waals surface area (Å²) in [4.78, 5) is 68.3. The summed E-state index contributed by atoms with van der Waals surface area (Å²) in [6.45, 7) is 9.57. The standard InChI is InChI=1S/C41H63N7O6/c1-28(2)24-34(37(50)46-33(18-12-7-13-21-42)39(52)48-22-19-41(43,20-23-48)40(53)54)47-38(51)35(25-30-14-8-5-9-15-30)45-36(49)27-44-26-32(29(3)4)31-16-10-6-11-17-31/h5-6,8-11,14-17,28-29,32-35,44H,7,12-13,18-27,42-43H2,1-4H3,(H,45,49)(H,46,50)(H,47,51)(H,53,54)/t32-,33-,34-,35-/m1/s1. The van der Waals surface area contributed by atoms with Gasteiger partial charge in [-0.1, -0.05) is 101 Å². The van der Waals surface area contributed by atoms with E-state index in [0.29, 0.717) is 38.3 Å². The zero-order chi connectivity index (χ0) is 39.7.